The predicted octanol–water partition coefficient (Wildman–Crippen LogP) is 2.79. The number of hydrogen-bond donors (Lipinski definition) is 2. The highest BCUT2D eigenvalue weighted by atomic mass is 16.5. The van der Waals surface area contributed by atoms with Crippen molar-refractivity contribution < 1.29 is 14.3 Å². The number of anilines is 1. The lowest BCUT2D eigenvalue weighted by molar-refractivity contribution is -0.125. The standard InChI is InChI=1S/C21H30N4O3/c1-4-14(5-2)20(26)22-11-10-19-24-16-13-15(8-9-17(16)25(19)3)23-21(27)18-7-6-12-28-18/h8-9,13-14,18H,4-7,10-12H2,1-3H3,(H,22,26)(H,23,27)/t18-/m1/s1. The fourth-order valence-electron chi connectivity index (χ4n) is 3.66. The molecule has 1 aliphatic heterocycles. The molecule has 2 heterocycles. The van der Waals surface area contributed by atoms with Gasteiger partial charge in [-0.15, -0.1) is 0 Å². The maximum absolute atomic E-state index is 12.2. The second-order valence-electron chi connectivity index (χ2n) is 7.34. The van der Waals surface area contributed by atoms with Crippen molar-refractivity contribution in [2.75, 3.05) is 18.5 Å². The Bertz CT molecular complexity index is 836. The molecular weight excluding hydrogens is 356 g/mol. The number of benzene rings is 1. The average molecular weight is 386 g/mol. The van der Waals surface area contributed by atoms with E-state index in [1.165, 1.54) is 0 Å². The van der Waals surface area contributed by atoms with Gasteiger partial charge < -0.3 is 19.9 Å². The Balaban J connectivity index is 1.63. The lowest BCUT2D eigenvalue weighted by Crippen LogP contribution is -2.32. The number of amides is 2. The first-order valence-corrected chi connectivity index (χ1v) is 10.2. The van der Waals surface area contributed by atoms with Gasteiger partial charge in [0.2, 0.25) is 5.91 Å². The second-order valence-corrected chi connectivity index (χ2v) is 7.34. The Kier molecular flexibility index (Phi) is 6.67. The Hall–Kier alpha value is -2.41. The quantitative estimate of drug-likeness (QED) is 0.731. The predicted molar refractivity (Wildman–Crippen MR) is 109 cm³/mol. The number of carbonyl (C=O) groups is 2. The molecule has 0 aliphatic carbocycles. The van der Waals surface area contributed by atoms with Crippen LogP contribution in [0.4, 0.5) is 5.69 Å². The Morgan fingerprint density at radius 2 is 2.11 bits per heavy atom. The van der Waals surface area contributed by atoms with E-state index in [2.05, 4.69) is 15.6 Å². The lowest BCUT2D eigenvalue weighted by Gasteiger charge is -2.12. The molecule has 28 heavy (non-hydrogen) atoms. The third kappa shape index (κ3) is 4.52. The van der Waals surface area contributed by atoms with Gasteiger partial charge in [0, 0.05) is 38.2 Å². The van der Waals surface area contributed by atoms with Crippen LogP contribution >= 0.6 is 0 Å². The largest absolute Gasteiger partial charge is 0.368 e. The fourth-order valence-corrected chi connectivity index (χ4v) is 3.66. The van der Waals surface area contributed by atoms with Crippen LogP contribution in [0, 0.1) is 5.92 Å². The number of imidazole rings is 1. The molecule has 2 amide bonds. The number of ether oxygens (including phenoxy) is 1. The van der Waals surface area contributed by atoms with Crippen molar-refractivity contribution in [3.63, 3.8) is 0 Å². The molecule has 0 unspecified atom stereocenters. The third-order valence-electron chi connectivity index (χ3n) is 5.47. The topological polar surface area (TPSA) is 85.2 Å². The highest BCUT2D eigenvalue weighted by molar-refractivity contribution is 5.96. The fraction of sp³-hybridized carbons (Fsp3) is 0.571. The van der Waals surface area contributed by atoms with E-state index in [0.717, 1.165) is 48.2 Å². The molecule has 2 aromatic rings. The molecule has 152 valence electrons. The second kappa shape index (κ2) is 9.19. The number of carbonyl (C=O) groups excluding carboxylic acids is 2. The van der Waals surface area contributed by atoms with Crippen LogP contribution in [0.2, 0.25) is 0 Å². The van der Waals surface area contributed by atoms with Crippen LogP contribution in [-0.4, -0.2) is 40.6 Å². The van der Waals surface area contributed by atoms with Gasteiger partial charge in [-0.3, -0.25) is 9.59 Å². The summed E-state index contributed by atoms with van der Waals surface area (Å²) in [5, 5.41) is 5.93. The van der Waals surface area contributed by atoms with E-state index >= 15 is 0 Å². The van der Waals surface area contributed by atoms with Gasteiger partial charge in [-0.25, -0.2) is 4.98 Å². The monoisotopic (exact) mass is 386 g/mol. The van der Waals surface area contributed by atoms with E-state index in [1.807, 2.05) is 43.7 Å². The van der Waals surface area contributed by atoms with E-state index in [9.17, 15) is 9.59 Å². The molecule has 7 nitrogen and oxygen atoms in total. The third-order valence-corrected chi connectivity index (χ3v) is 5.47. The summed E-state index contributed by atoms with van der Waals surface area (Å²) < 4.78 is 7.46. The van der Waals surface area contributed by atoms with Gasteiger partial charge in [0.15, 0.2) is 0 Å². The number of nitrogens with one attached hydrogen (secondary N) is 2. The molecule has 0 spiro atoms. The number of hydrogen-bond acceptors (Lipinski definition) is 4. The number of fused-ring (bicyclic) bond motifs is 1. The molecule has 2 N–H and O–H groups in total. The molecule has 1 aromatic heterocycles. The summed E-state index contributed by atoms with van der Waals surface area (Å²) >= 11 is 0. The van der Waals surface area contributed by atoms with E-state index in [4.69, 9.17) is 4.74 Å². The first-order chi connectivity index (χ1) is 13.5. The minimum absolute atomic E-state index is 0.0791. The maximum atomic E-state index is 12.2. The zero-order chi connectivity index (χ0) is 20.1. The molecular formula is C21H30N4O3. The Morgan fingerprint density at radius 1 is 1.32 bits per heavy atom. The average Bonchev–Trinajstić information content (AvgIpc) is 3.32. The van der Waals surface area contributed by atoms with Crippen molar-refractivity contribution in [3.8, 4) is 0 Å². The molecule has 0 radical (unpaired) electrons. The molecule has 3 rings (SSSR count). The highest BCUT2D eigenvalue weighted by Gasteiger charge is 2.23. The Labute approximate surface area is 165 Å². The van der Waals surface area contributed by atoms with Crippen LogP contribution in [-0.2, 0) is 27.8 Å². The molecule has 0 bridgehead atoms. The zero-order valence-electron chi connectivity index (χ0n) is 17.0. The molecule has 1 aliphatic rings. The molecule has 0 saturated carbocycles. The van der Waals surface area contributed by atoms with E-state index < -0.39 is 0 Å². The van der Waals surface area contributed by atoms with Crippen LogP contribution in [0.1, 0.15) is 45.4 Å². The van der Waals surface area contributed by atoms with Crippen molar-refractivity contribution in [2.24, 2.45) is 13.0 Å². The van der Waals surface area contributed by atoms with E-state index in [-0.39, 0.29) is 23.8 Å². The van der Waals surface area contributed by atoms with Gasteiger partial charge in [0.05, 0.1) is 11.0 Å². The summed E-state index contributed by atoms with van der Waals surface area (Å²) in [7, 11) is 1.97. The van der Waals surface area contributed by atoms with Crippen LogP contribution in [0.25, 0.3) is 11.0 Å². The summed E-state index contributed by atoms with van der Waals surface area (Å²) in [6, 6.07) is 5.73. The number of aromatic nitrogens is 2. The molecule has 1 fully saturated rings. The summed E-state index contributed by atoms with van der Waals surface area (Å²) in [5.41, 5.74) is 2.55. The molecule has 1 saturated heterocycles. The van der Waals surface area contributed by atoms with Gasteiger partial charge >= 0.3 is 0 Å². The van der Waals surface area contributed by atoms with Gasteiger partial charge in [-0.1, -0.05) is 13.8 Å². The Morgan fingerprint density at radius 3 is 2.79 bits per heavy atom. The summed E-state index contributed by atoms with van der Waals surface area (Å²) in [5.74, 6) is 0.998. The first-order valence-electron chi connectivity index (χ1n) is 10.2. The van der Waals surface area contributed by atoms with E-state index in [1.54, 1.807) is 0 Å². The molecule has 1 atom stereocenters. The number of aryl methyl sites for hydroxylation is 1. The van der Waals surface area contributed by atoms with Gasteiger partial charge in [0.1, 0.15) is 11.9 Å². The summed E-state index contributed by atoms with van der Waals surface area (Å²) in [6.07, 6.45) is 3.71. The van der Waals surface area contributed by atoms with Crippen molar-refractivity contribution in [1.82, 2.24) is 14.9 Å². The van der Waals surface area contributed by atoms with Gasteiger partial charge in [-0.05, 0) is 43.9 Å². The molecule has 1 aromatic carbocycles. The van der Waals surface area contributed by atoms with Gasteiger partial charge in [0.25, 0.3) is 5.91 Å². The lowest BCUT2D eigenvalue weighted by atomic mass is 10.0. The molecule has 7 heteroatoms. The first kappa shape index (κ1) is 20.3. The minimum Gasteiger partial charge on any atom is -0.368 e. The maximum Gasteiger partial charge on any atom is 0.253 e. The SMILES string of the molecule is CCC(CC)C(=O)NCCc1nc2cc(NC(=O)[C@H]3CCCO3)ccc2n1C. The van der Waals surface area contributed by atoms with Crippen molar-refractivity contribution >= 4 is 28.5 Å². The van der Waals surface area contributed by atoms with Crippen LogP contribution in [0.3, 0.4) is 0 Å². The highest BCUT2D eigenvalue weighted by Crippen LogP contribution is 2.21. The van der Waals surface area contributed by atoms with Crippen LogP contribution in [0.5, 0.6) is 0 Å². The summed E-state index contributed by atoms with van der Waals surface area (Å²) in [4.78, 5) is 29.0. The zero-order valence-corrected chi connectivity index (χ0v) is 17.0. The van der Waals surface area contributed by atoms with Crippen molar-refractivity contribution in [3.05, 3.63) is 24.0 Å². The van der Waals surface area contributed by atoms with Crippen molar-refractivity contribution in [1.29, 1.82) is 0 Å². The smallest absolute Gasteiger partial charge is 0.253 e. The van der Waals surface area contributed by atoms with E-state index in [0.29, 0.717) is 19.6 Å². The van der Waals surface area contributed by atoms with Crippen molar-refractivity contribution in [2.45, 2.75) is 52.1 Å². The summed E-state index contributed by atoms with van der Waals surface area (Å²) in [6.45, 7) is 5.28. The van der Waals surface area contributed by atoms with Crippen LogP contribution < -0.4 is 10.6 Å². The minimum atomic E-state index is -0.353. The van der Waals surface area contributed by atoms with Crippen LogP contribution in [0.15, 0.2) is 18.2 Å². The normalized spacial score (nSPS) is 16.6. The number of rotatable bonds is 8. The van der Waals surface area contributed by atoms with Gasteiger partial charge in [-0.2, -0.15) is 0 Å². The number of nitrogens with zero attached hydrogens (tertiary/aromatic N) is 2.